The molecule has 1 amide bonds. The molecule has 0 aliphatic rings. The number of carbonyl (C=O) groups is 2. The maximum atomic E-state index is 12.7. The van der Waals surface area contributed by atoms with E-state index < -0.39 is 17.5 Å². The summed E-state index contributed by atoms with van der Waals surface area (Å²) in [5, 5.41) is 9.01. The van der Waals surface area contributed by atoms with E-state index in [1.807, 2.05) is 6.92 Å². The third-order valence-corrected chi connectivity index (χ3v) is 4.59. The number of amides is 1. The SMILES string of the molecule is C=CC(=O)ONC(=O)C(CCC)(CCCCCCCCCC)OCCCO. The molecule has 27 heavy (non-hydrogen) atoms. The molecule has 0 saturated heterocycles. The van der Waals surface area contributed by atoms with E-state index in [0.717, 1.165) is 31.8 Å². The maximum absolute atomic E-state index is 12.7. The van der Waals surface area contributed by atoms with Gasteiger partial charge in [-0.3, -0.25) is 4.79 Å². The molecule has 1 atom stereocenters. The molecule has 0 radical (unpaired) electrons. The number of hydrogen-bond donors (Lipinski definition) is 2. The van der Waals surface area contributed by atoms with Gasteiger partial charge in [-0.05, 0) is 19.3 Å². The Labute approximate surface area is 164 Å². The minimum absolute atomic E-state index is 0.00698. The first-order chi connectivity index (χ1) is 13.1. The van der Waals surface area contributed by atoms with Crippen molar-refractivity contribution in [2.75, 3.05) is 13.2 Å². The van der Waals surface area contributed by atoms with E-state index >= 15 is 0 Å². The summed E-state index contributed by atoms with van der Waals surface area (Å²) in [6.45, 7) is 7.80. The van der Waals surface area contributed by atoms with Gasteiger partial charge in [0.25, 0.3) is 5.91 Å². The highest BCUT2D eigenvalue weighted by Crippen LogP contribution is 2.27. The summed E-state index contributed by atoms with van der Waals surface area (Å²) in [5.41, 5.74) is 1.18. The number of unbranched alkanes of at least 4 members (excludes halogenated alkanes) is 7. The lowest BCUT2D eigenvalue weighted by Gasteiger charge is -2.32. The van der Waals surface area contributed by atoms with E-state index in [2.05, 4.69) is 19.0 Å². The van der Waals surface area contributed by atoms with Crippen molar-refractivity contribution in [3.8, 4) is 0 Å². The Kier molecular flexibility index (Phi) is 15.9. The second-order valence-corrected chi connectivity index (χ2v) is 6.95. The molecule has 0 aliphatic carbocycles. The average molecular weight is 386 g/mol. The number of aliphatic hydroxyl groups is 1. The lowest BCUT2D eigenvalue weighted by atomic mass is 9.89. The first kappa shape index (κ1) is 25.6. The van der Waals surface area contributed by atoms with Gasteiger partial charge in [-0.1, -0.05) is 78.2 Å². The summed E-state index contributed by atoms with van der Waals surface area (Å²) in [5.74, 6) is -1.16. The molecule has 0 aliphatic heterocycles. The largest absolute Gasteiger partial charge is 0.396 e. The monoisotopic (exact) mass is 385 g/mol. The van der Waals surface area contributed by atoms with Crippen LogP contribution in [0.5, 0.6) is 0 Å². The Bertz CT molecular complexity index is 413. The lowest BCUT2D eigenvalue weighted by molar-refractivity contribution is -0.170. The van der Waals surface area contributed by atoms with Gasteiger partial charge in [0.1, 0.15) is 5.60 Å². The van der Waals surface area contributed by atoms with Gasteiger partial charge in [-0.2, -0.15) is 5.48 Å². The first-order valence-electron chi connectivity index (χ1n) is 10.4. The molecule has 1 unspecified atom stereocenters. The van der Waals surface area contributed by atoms with Crippen molar-refractivity contribution in [1.29, 1.82) is 0 Å². The van der Waals surface area contributed by atoms with Crippen molar-refractivity contribution in [3.05, 3.63) is 12.7 Å². The van der Waals surface area contributed by atoms with Crippen LogP contribution < -0.4 is 5.48 Å². The van der Waals surface area contributed by atoms with E-state index in [0.29, 0.717) is 19.3 Å². The van der Waals surface area contributed by atoms with E-state index in [4.69, 9.17) is 14.7 Å². The average Bonchev–Trinajstić information content (AvgIpc) is 2.67. The van der Waals surface area contributed by atoms with Crippen LogP contribution in [0.25, 0.3) is 0 Å². The van der Waals surface area contributed by atoms with Crippen molar-refractivity contribution in [3.63, 3.8) is 0 Å². The summed E-state index contributed by atoms with van der Waals surface area (Å²) in [6, 6.07) is 0. The molecule has 0 heterocycles. The minimum atomic E-state index is -1.03. The Morgan fingerprint density at radius 2 is 1.59 bits per heavy atom. The van der Waals surface area contributed by atoms with Crippen LogP contribution in [0, 0.1) is 0 Å². The normalized spacial score (nSPS) is 13.0. The molecule has 0 aromatic heterocycles. The van der Waals surface area contributed by atoms with E-state index in [1.165, 1.54) is 32.1 Å². The lowest BCUT2D eigenvalue weighted by Crippen LogP contribution is -2.49. The van der Waals surface area contributed by atoms with Crippen LogP contribution in [0.1, 0.15) is 90.9 Å². The molecule has 0 aromatic carbocycles. The van der Waals surface area contributed by atoms with Crippen molar-refractivity contribution in [1.82, 2.24) is 5.48 Å². The van der Waals surface area contributed by atoms with Crippen molar-refractivity contribution in [2.45, 2.75) is 96.5 Å². The third kappa shape index (κ3) is 11.8. The summed E-state index contributed by atoms with van der Waals surface area (Å²) in [7, 11) is 0. The predicted octanol–water partition coefficient (Wildman–Crippen LogP) is 4.22. The van der Waals surface area contributed by atoms with Crippen LogP contribution in [0.4, 0.5) is 0 Å². The van der Waals surface area contributed by atoms with Gasteiger partial charge in [0.15, 0.2) is 0 Å². The molecule has 0 rings (SSSR count). The van der Waals surface area contributed by atoms with E-state index in [1.54, 1.807) is 0 Å². The predicted molar refractivity (Wildman–Crippen MR) is 107 cm³/mol. The van der Waals surface area contributed by atoms with Gasteiger partial charge in [0.05, 0.1) is 6.61 Å². The molecule has 6 heteroatoms. The number of aliphatic hydroxyl groups excluding tert-OH is 1. The van der Waals surface area contributed by atoms with Gasteiger partial charge in [-0.15, -0.1) is 0 Å². The Morgan fingerprint density at radius 1 is 0.963 bits per heavy atom. The molecule has 6 nitrogen and oxygen atoms in total. The Morgan fingerprint density at radius 3 is 2.15 bits per heavy atom. The molecular weight excluding hydrogens is 346 g/mol. The van der Waals surface area contributed by atoms with Crippen molar-refractivity contribution in [2.24, 2.45) is 0 Å². The number of nitrogens with one attached hydrogen (secondary N) is 1. The smallest absolute Gasteiger partial charge is 0.355 e. The standard InChI is InChI=1S/C21H39NO5/c1-4-7-8-9-10-11-12-13-16-21(15-5-2,26-18-14-17-23)20(25)22-27-19(24)6-3/h6,23H,3-5,7-18H2,1-2H3,(H,22,25). The minimum Gasteiger partial charge on any atom is -0.396 e. The van der Waals surface area contributed by atoms with Gasteiger partial charge in [-0.25, -0.2) is 4.79 Å². The fourth-order valence-electron chi connectivity index (χ4n) is 3.07. The molecule has 0 fully saturated rings. The van der Waals surface area contributed by atoms with Crippen LogP contribution in [-0.4, -0.2) is 35.8 Å². The topological polar surface area (TPSA) is 84.9 Å². The Balaban J connectivity index is 4.65. The van der Waals surface area contributed by atoms with Crippen molar-refractivity contribution < 1.29 is 24.3 Å². The first-order valence-corrected chi connectivity index (χ1v) is 10.4. The van der Waals surface area contributed by atoms with Crippen LogP contribution >= 0.6 is 0 Å². The quantitative estimate of drug-likeness (QED) is 0.222. The summed E-state index contributed by atoms with van der Waals surface area (Å²) < 4.78 is 5.91. The zero-order valence-corrected chi connectivity index (χ0v) is 17.3. The van der Waals surface area contributed by atoms with Gasteiger partial charge >= 0.3 is 5.97 Å². The molecule has 2 N–H and O–H groups in total. The zero-order chi connectivity index (χ0) is 20.4. The van der Waals surface area contributed by atoms with Crippen LogP contribution in [0.15, 0.2) is 12.7 Å². The second kappa shape index (κ2) is 16.8. The van der Waals surface area contributed by atoms with Gasteiger partial charge in [0.2, 0.25) is 0 Å². The summed E-state index contributed by atoms with van der Waals surface area (Å²) in [4.78, 5) is 28.6. The highest BCUT2D eigenvalue weighted by atomic mass is 16.7. The highest BCUT2D eigenvalue weighted by Gasteiger charge is 2.38. The van der Waals surface area contributed by atoms with E-state index in [9.17, 15) is 9.59 Å². The molecule has 0 aromatic rings. The van der Waals surface area contributed by atoms with Crippen LogP contribution in [-0.2, 0) is 19.2 Å². The van der Waals surface area contributed by atoms with Crippen LogP contribution in [0.2, 0.25) is 0 Å². The second-order valence-electron chi connectivity index (χ2n) is 6.95. The number of ether oxygens (including phenoxy) is 1. The highest BCUT2D eigenvalue weighted by molar-refractivity contribution is 5.87. The molecular formula is C21H39NO5. The number of rotatable bonds is 17. The van der Waals surface area contributed by atoms with Gasteiger partial charge < -0.3 is 14.7 Å². The Hall–Kier alpha value is -1.40. The number of carbonyl (C=O) groups excluding carboxylic acids is 2. The van der Waals surface area contributed by atoms with E-state index in [-0.39, 0.29) is 13.2 Å². The van der Waals surface area contributed by atoms with Crippen molar-refractivity contribution >= 4 is 11.9 Å². The maximum Gasteiger partial charge on any atom is 0.355 e. The summed E-state index contributed by atoms with van der Waals surface area (Å²) in [6.07, 6.45) is 12.7. The van der Waals surface area contributed by atoms with Gasteiger partial charge in [0, 0.05) is 12.7 Å². The molecule has 158 valence electrons. The fraction of sp³-hybridized carbons (Fsp3) is 0.810. The van der Waals surface area contributed by atoms with Crippen LogP contribution in [0.3, 0.4) is 0 Å². The number of hydrogen-bond acceptors (Lipinski definition) is 5. The summed E-state index contributed by atoms with van der Waals surface area (Å²) >= 11 is 0. The fourth-order valence-corrected chi connectivity index (χ4v) is 3.07. The molecule has 0 saturated carbocycles. The number of hydroxylamine groups is 1. The molecule has 0 spiro atoms. The zero-order valence-electron chi connectivity index (χ0n) is 17.3. The third-order valence-electron chi connectivity index (χ3n) is 4.59. The molecule has 0 bridgehead atoms.